The van der Waals surface area contributed by atoms with Gasteiger partial charge in [-0.2, -0.15) is 5.26 Å². The lowest BCUT2D eigenvalue weighted by Gasteiger charge is -2.20. The number of hydrogen-bond acceptors (Lipinski definition) is 2. The zero-order valence-corrected chi connectivity index (χ0v) is 15.6. The van der Waals surface area contributed by atoms with Crippen molar-refractivity contribution in [2.45, 2.75) is 38.5 Å². The molecule has 0 saturated heterocycles. The first kappa shape index (κ1) is 19.2. The minimum Gasteiger partial charge on any atom is -0.306 e. The Kier molecular flexibility index (Phi) is 8.22. The van der Waals surface area contributed by atoms with Crippen molar-refractivity contribution in [1.82, 2.24) is 4.90 Å². The first-order valence-corrected chi connectivity index (χ1v) is 9.37. The van der Waals surface area contributed by atoms with Crippen molar-refractivity contribution < 1.29 is 0 Å². The number of likely N-dealkylation sites (N-methyl/N-ethyl adjacent to an activating group) is 1. The summed E-state index contributed by atoms with van der Waals surface area (Å²) in [5.74, 6) is 0.416. The summed E-state index contributed by atoms with van der Waals surface area (Å²) in [7, 11) is 2.20. The minimum absolute atomic E-state index is 0.0111. The van der Waals surface area contributed by atoms with Crippen LogP contribution in [0.1, 0.15) is 43.2 Å². The number of benzene rings is 2. The van der Waals surface area contributed by atoms with E-state index in [1.165, 1.54) is 18.4 Å². The van der Waals surface area contributed by atoms with Crippen molar-refractivity contribution >= 4 is 0 Å². The van der Waals surface area contributed by atoms with Crippen molar-refractivity contribution in [3.63, 3.8) is 0 Å². The van der Waals surface area contributed by atoms with Crippen LogP contribution in [0.25, 0.3) is 0 Å². The highest BCUT2D eigenvalue weighted by molar-refractivity contribution is 5.25. The van der Waals surface area contributed by atoms with E-state index in [1.807, 2.05) is 18.2 Å². The van der Waals surface area contributed by atoms with Gasteiger partial charge in [0.25, 0.3) is 0 Å². The molecule has 2 nitrogen and oxygen atoms in total. The highest BCUT2D eigenvalue weighted by Crippen LogP contribution is 2.27. The fraction of sp³-hybridized carbons (Fsp3) is 0.435. The molecule has 0 saturated carbocycles. The lowest BCUT2D eigenvalue weighted by atomic mass is 9.85. The predicted molar refractivity (Wildman–Crippen MR) is 105 cm³/mol. The maximum absolute atomic E-state index is 9.51. The van der Waals surface area contributed by atoms with Gasteiger partial charge < -0.3 is 4.90 Å². The number of nitriles is 1. The first-order chi connectivity index (χ1) is 12.2. The van der Waals surface area contributed by atoms with Gasteiger partial charge in [0.05, 0.1) is 12.0 Å². The van der Waals surface area contributed by atoms with Gasteiger partial charge in [0.15, 0.2) is 0 Å². The van der Waals surface area contributed by atoms with Gasteiger partial charge in [-0.1, -0.05) is 74.0 Å². The molecule has 2 atom stereocenters. The molecule has 0 fully saturated rings. The van der Waals surface area contributed by atoms with E-state index in [-0.39, 0.29) is 5.92 Å². The van der Waals surface area contributed by atoms with Gasteiger partial charge in [-0.05, 0) is 49.9 Å². The van der Waals surface area contributed by atoms with Crippen molar-refractivity contribution in [3.05, 3.63) is 71.8 Å². The zero-order chi connectivity index (χ0) is 17.9. The minimum atomic E-state index is 0.0111. The maximum atomic E-state index is 9.51. The molecule has 2 heteroatoms. The molecular weight excluding hydrogens is 304 g/mol. The SMILES string of the molecule is CC(CCCCN(C)CCc1ccccc1)C(C#N)c1ccccc1. The molecule has 0 radical (unpaired) electrons. The second-order valence-corrected chi connectivity index (χ2v) is 7.03. The number of unbranched alkanes of at least 4 members (excludes halogenated alkanes) is 1. The summed E-state index contributed by atoms with van der Waals surface area (Å²) in [6.07, 6.45) is 4.60. The van der Waals surface area contributed by atoms with Gasteiger partial charge in [0.1, 0.15) is 0 Å². The van der Waals surface area contributed by atoms with Gasteiger partial charge in [0.2, 0.25) is 0 Å². The Balaban J connectivity index is 1.65. The molecule has 0 amide bonds. The average Bonchev–Trinajstić information content (AvgIpc) is 2.66. The Morgan fingerprint density at radius 2 is 1.56 bits per heavy atom. The summed E-state index contributed by atoms with van der Waals surface area (Å²) < 4.78 is 0. The average molecular weight is 335 g/mol. The summed E-state index contributed by atoms with van der Waals surface area (Å²) >= 11 is 0. The maximum Gasteiger partial charge on any atom is 0.0738 e. The third-order valence-electron chi connectivity index (χ3n) is 4.94. The molecule has 132 valence electrons. The second kappa shape index (κ2) is 10.7. The van der Waals surface area contributed by atoms with Crippen LogP contribution in [0.4, 0.5) is 0 Å². The number of nitrogens with zero attached hydrogens (tertiary/aromatic N) is 2. The molecule has 2 unspecified atom stereocenters. The quantitative estimate of drug-likeness (QED) is 0.553. The molecule has 0 aliphatic carbocycles. The number of rotatable bonds is 10. The van der Waals surface area contributed by atoms with Crippen LogP contribution in [0.5, 0.6) is 0 Å². The Hall–Kier alpha value is -2.11. The van der Waals surface area contributed by atoms with Gasteiger partial charge >= 0.3 is 0 Å². The third-order valence-corrected chi connectivity index (χ3v) is 4.94. The zero-order valence-electron chi connectivity index (χ0n) is 15.6. The van der Waals surface area contributed by atoms with E-state index in [4.69, 9.17) is 0 Å². The largest absolute Gasteiger partial charge is 0.306 e. The van der Waals surface area contributed by atoms with Crippen LogP contribution in [0, 0.1) is 17.2 Å². The van der Waals surface area contributed by atoms with Crippen LogP contribution in [0.15, 0.2) is 60.7 Å². The van der Waals surface area contributed by atoms with E-state index < -0.39 is 0 Å². The summed E-state index contributed by atoms with van der Waals surface area (Å²) in [6, 6.07) is 23.4. The van der Waals surface area contributed by atoms with E-state index in [2.05, 4.69) is 67.4 Å². The van der Waals surface area contributed by atoms with Crippen molar-refractivity contribution in [1.29, 1.82) is 5.26 Å². The molecule has 0 heterocycles. The van der Waals surface area contributed by atoms with Crippen molar-refractivity contribution in [2.75, 3.05) is 20.1 Å². The van der Waals surface area contributed by atoms with Crippen LogP contribution in [0.2, 0.25) is 0 Å². The van der Waals surface area contributed by atoms with Crippen LogP contribution >= 0.6 is 0 Å². The van der Waals surface area contributed by atoms with Gasteiger partial charge in [-0.25, -0.2) is 0 Å². The molecular formula is C23H30N2. The van der Waals surface area contributed by atoms with Crippen LogP contribution in [-0.4, -0.2) is 25.0 Å². The fourth-order valence-corrected chi connectivity index (χ4v) is 3.28. The molecule has 25 heavy (non-hydrogen) atoms. The van der Waals surface area contributed by atoms with Crippen LogP contribution < -0.4 is 0 Å². The Labute approximate surface area is 153 Å². The Morgan fingerprint density at radius 1 is 0.920 bits per heavy atom. The molecule has 0 aromatic heterocycles. The van der Waals surface area contributed by atoms with Crippen LogP contribution in [0.3, 0.4) is 0 Å². The van der Waals surface area contributed by atoms with E-state index in [0.717, 1.165) is 31.5 Å². The Morgan fingerprint density at radius 3 is 2.20 bits per heavy atom. The highest BCUT2D eigenvalue weighted by Gasteiger charge is 2.18. The molecule has 0 spiro atoms. The third kappa shape index (κ3) is 6.72. The molecule has 2 aromatic carbocycles. The second-order valence-electron chi connectivity index (χ2n) is 7.03. The predicted octanol–water partition coefficient (Wildman–Crippen LogP) is 5.27. The molecule has 0 aliphatic rings. The van der Waals surface area contributed by atoms with E-state index in [9.17, 15) is 5.26 Å². The summed E-state index contributed by atoms with van der Waals surface area (Å²) in [6.45, 7) is 4.44. The molecule has 0 N–H and O–H groups in total. The highest BCUT2D eigenvalue weighted by atomic mass is 15.1. The van der Waals surface area contributed by atoms with E-state index >= 15 is 0 Å². The molecule has 2 rings (SSSR count). The normalized spacial score (nSPS) is 13.4. The van der Waals surface area contributed by atoms with Gasteiger partial charge in [-0.3, -0.25) is 0 Å². The monoisotopic (exact) mass is 334 g/mol. The fourth-order valence-electron chi connectivity index (χ4n) is 3.28. The smallest absolute Gasteiger partial charge is 0.0738 e. The lowest BCUT2D eigenvalue weighted by molar-refractivity contribution is 0.321. The summed E-state index contributed by atoms with van der Waals surface area (Å²) in [5, 5.41) is 9.51. The summed E-state index contributed by atoms with van der Waals surface area (Å²) in [5.41, 5.74) is 2.56. The lowest BCUT2D eigenvalue weighted by Crippen LogP contribution is -2.22. The van der Waals surface area contributed by atoms with Gasteiger partial charge in [0, 0.05) is 6.54 Å². The topological polar surface area (TPSA) is 27.0 Å². The van der Waals surface area contributed by atoms with Crippen LogP contribution in [-0.2, 0) is 6.42 Å². The molecule has 0 bridgehead atoms. The molecule has 0 aliphatic heterocycles. The standard InChI is InChI=1S/C23H30N2/c1-20(23(19-24)22-14-7-4-8-15-22)11-9-10-17-25(2)18-16-21-12-5-3-6-13-21/h3-8,12-15,20,23H,9-11,16-18H2,1-2H3. The summed E-state index contributed by atoms with van der Waals surface area (Å²) in [4.78, 5) is 2.41. The Bertz CT molecular complexity index is 630. The van der Waals surface area contributed by atoms with Crippen molar-refractivity contribution in [3.8, 4) is 6.07 Å². The van der Waals surface area contributed by atoms with Gasteiger partial charge in [-0.15, -0.1) is 0 Å². The first-order valence-electron chi connectivity index (χ1n) is 9.37. The molecule has 2 aromatic rings. The van der Waals surface area contributed by atoms with E-state index in [1.54, 1.807) is 0 Å². The number of hydrogen-bond donors (Lipinski definition) is 0. The van der Waals surface area contributed by atoms with E-state index in [0.29, 0.717) is 5.92 Å². The van der Waals surface area contributed by atoms with Crippen molar-refractivity contribution in [2.24, 2.45) is 5.92 Å².